The van der Waals surface area contributed by atoms with Crippen LogP contribution in [0.5, 0.6) is 17.2 Å². The van der Waals surface area contributed by atoms with Crippen LogP contribution in [0.1, 0.15) is 36.8 Å². The minimum absolute atomic E-state index is 0.0858. The molecule has 4 aliphatic rings. The van der Waals surface area contributed by atoms with E-state index in [2.05, 4.69) is 0 Å². The molecule has 7 rings (SSSR count). The van der Waals surface area contributed by atoms with Crippen molar-refractivity contribution in [2.75, 3.05) is 18.1 Å². The standard InChI is InChI=1S/C36H31Cl2FN2O7/c1-2-48-28-17-20(5-14-27(28)43)30-24-12-13-25-29(32(45)40(31(25)44)16-15-19-3-10-23(42)11-4-19)26(24)18-35(37)33(46)41(34(47)36(30,35)38)22-8-6-21(39)7-9-22/h3-12,14,17,25-26,29-30,42-43H,2,13,15-16,18H2,1H3/t25-,26+,29-,30-,35+,36-/m0/s1. The number of amides is 4. The molecule has 1 saturated carbocycles. The van der Waals surface area contributed by atoms with Crippen LogP contribution < -0.4 is 9.64 Å². The minimum Gasteiger partial charge on any atom is -0.508 e. The molecule has 0 aromatic heterocycles. The Labute approximate surface area is 285 Å². The summed E-state index contributed by atoms with van der Waals surface area (Å²) in [7, 11) is 0. The first-order chi connectivity index (χ1) is 22.9. The van der Waals surface area contributed by atoms with Gasteiger partial charge in [0.25, 0.3) is 11.8 Å². The Kier molecular flexibility index (Phi) is 7.79. The molecule has 3 aromatic rings. The highest BCUT2D eigenvalue weighted by Gasteiger charge is 2.76. The molecule has 4 amide bonds. The van der Waals surface area contributed by atoms with Gasteiger partial charge in [0, 0.05) is 12.5 Å². The third kappa shape index (κ3) is 4.63. The number of carbonyl (C=O) groups is 4. The van der Waals surface area contributed by atoms with Crippen LogP contribution in [0.25, 0.3) is 0 Å². The van der Waals surface area contributed by atoms with Gasteiger partial charge in [0.2, 0.25) is 11.8 Å². The van der Waals surface area contributed by atoms with E-state index in [9.17, 15) is 33.8 Å². The largest absolute Gasteiger partial charge is 0.508 e. The Morgan fingerprint density at radius 2 is 1.62 bits per heavy atom. The van der Waals surface area contributed by atoms with Gasteiger partial charge in [0.15, 0.2) is 21.2 Å². The second-order valence-corrected chi connectivity index (χ2v) is 13.9. The quantitative estimate of drug-likeness (QED) is 0.192. The molecule has 6 atom stereocenters. The molecule has 0 bridgehead atoms. The van der Waals surface area contributed by atoms with Crippen LogP contribution in [0.4, 0.5) is 10.1 Å². The van der Waals surface area contributed by atoms with Crippen molar-refractivity contribution < 1.29 is 38.5 Å². The molecule has 0 unspecified atom stereocenters. The predicted molar refractivity (Wildman–Crippen MR) is 174 cm³/mol. The third-order valence-electron chi connectivity index (χ3n) is 10.2. The first-order valence-electron chi connectivity index (χ1n) is 15.7. The Hall–Kier alpha value is -4.41. The molecule has 3 fully saturated rings. The van der Waals surface area contributed by atoms with Crippen LogP contribution in [-0.4, -0.2) is 61.6 Å². The van der Waals surface area contributed by atoms with Crippen molar-refractivity contribution in [1.29, 1.82) is 0 Å². The summed E-state index contributed by atoms with van der Waals surface area (Å²) >= 11 is 14.8. The van der Waals surface area contributed by atoms with Crippen molar-refractivity contribution in [3.63, 3.8) is 0 Å². The van der Waals surface area contributed by atoms with Crippen molar-refractivity contribution in [1.82, 2.24) is 4.90 Å². The second kappa shape index (κ2) is 11.6. The number of hydrogen-bond donors (Lipinski definition) is 2. The number of rotatable bonds is 7. The summed E-state index contributed by atoms with van der Waals surface area (Å²) in [6.45, 7) is 2.10. The van der Waals surface area contributed by atoms with Crippen molar-refractivity contribution >= 4 is 52.5 Å². The molecule has 2 aliphatic heterocycles. The van der Waals surface area contributed by atoms with Crippen LogP contribution >= 0.6 is 23.2 Å². The molecule has 2 saturated heterocycles. The van der Waals surface area contributed by atoms with Gasteiger partial charge in [-0.3, -0.25) is 24.1 Å². The molecule has 12 heteroatoms. The molecule has 3 aromatic carbocycles. The average Bonchev–Trinajstić information content (AvgIpc) is 3.40. The summed E-state index contributed by atoms with van der Waals surface area (Å²) in [6, 6.07) is 15.9. The summed E-state index contributed by atoms with van der Waals surface area (Å²) in [6.07, 6.45) is 2.21. The Morgan fingerprint density at radius 3 is 2.31 bits per heavy atom. The van der Waals surface area contributed by atoms with Gasteiger partial charge in [0.1, 0.15) is 11.6 Å². The van der Waals surface area contributed by atoms with Crippen molar-refractivity contribution in [2.24, 2.45) is 17.8 Å². The summed E-state index contributed by atoms with van der Waals surface area (Å²) < 4.78 is 19.5. The molecule has 0 radical (unpaired) electrons. The van der Waals surface area contributed by atoms with Crippen LogP contribution in [0.3, 0.4) is 0 Å². The van der Waals surface area contributed by atoms with E-state index in [4.69, 9.17) is 27.9 Å². The zero-order valence-electron chi connectivity index (χ0n) is 25.7. The number of halogens is 3. The first kappa shape index (κ1) is 32.2. The molecular formula is C36H31Cl2FN2O7. The number of nitrogens with zero attached hydrogens (tertiary/aromatic N) is 2. The number of phenols is 2. The fraction of sp³-hybridized carbons (Fsp3) is 0.333. The van der Waals surface area contributed by atoms with E-state index >= 15 is 0 Å². The summed E-state index contributed by atoms with van der Waals surface area (Å²) in [4.78, 5) is 54.7. The zero-order chi connectivity index (χ0) is 34.1. The number of hydrogen-bond acceptors (Lipinski definition) is 7. The molecule has 2 N–H and O–H groups in total. The molecular weight excluding hydrogens is 662 g/mol. The van der Waals surface area contributed by atoms with E-state index in [0.717, 1.165) is 22.6 Å². The van der Waals surface area contributed by atoms with Crippen LogP contribution in [0.15, 0.2) is 78.4 Å². The number of likely N-dealkylation sites (tertiary alicyclic amines) is 1. The number of fused-ring (bicyclic) bond motifs is 4. The molecule has 0 spiro atoms. The van der Waals surface area contributed by atoms with E-state index in [0.29, 0.717) is 17.6 Å². The maximum atomic E-state index is 14.5. The lowest BCUT2D eigenvalue weighted by atomic mass is 9.56. The van der Waals surface area contributed by atoms with Crippen molar-refractivity contribution in [3.05, 3.63) is 95.3 Å². The lowest BCUT2D eigenvalue weighted by molar-refractivity contribution is -0.140. The van der Waals surface area contributed by atoms with Crippen molar-refractivity contribution in [2.45, 2.75) is 41.9 Å². The monoisotopic (exact) mass is 692 g/mol. The number of anilines is 1. The summed E-state index contributed by atoms with van der Waals surface area (Å²) in [5.74, 6) is -6.17. The van der Waals surface area contributed by atoms with E-state index in [1.165, 1.54) is 35.2 Å². The highest BCUT2D eigenvalue weighted by molar-refractivity contribution is 6.58. The maximum Gasteiger partial charge on any atom is 0.258 e. The maximum absolute atomic E-state index is 14.5. The van der Waals surface area contributed by atoms with Gasteiger partial charge < -0.3 is 14.9 Å². The number of ether oxygens (including phenoxy) is 1. The number of carbonyl (C=O) groups excluding carboxylic acids is 4. The summed E-state index contributed by atoms with van der Waals surface area (Å²) in [5.41, 5.74) is 1.94. The fourth-order valence-electron chi connectivity index (χ4n) is 7.94. The van der Waals surface area contributed by atoms with Gasteiger partial charge >= 0.3 is 0 Å². The fourth-order valence-corrected chi connectivity index (χ4v) is 8.88. The lowest BCUT2D eigenvalue weighted by Crippen LogP contribution is -2.60. The highest BCUT2D eigenvalue weighted by atomic mass is 35.5. The molecule has 2 heterocycles. The van der Waals surface area contributed by atoms with Gasteiger partial charge in [0.05, 0.1) is 24.1 Å². The topological polar surface area (TPSA) is 124 Å². The Bertz CT molecular complexity index is 1880. The number of alkyl halides is 2. The van der Waals surface area contributed by atoms with Crippen LogP contribution in [0, 0.1) is 23.6 Å². The van der Waals surface area contributed by atoms with Gasteiger partial charge in [-0.25, -0.2) is 9.29 Å². The van der Waals surface area contributed by atoms with Crippen LogP contribution in [-0.2, 0) is 25.6 Å². The minimum atomic E-state index is -2.10. The molecule has 48 heavy (non-hydrogen) atoms. The van der Waals surface area contributed by atoms with Gasteiger partial charge in [-0.2, -0.15) is 0 Å². The van der Waals surface area contributed by atoms with Gasteiger partial charge in [-0.1, -0.05) is 29.8 Å². The SMILES string of the molecule is CCOc1cc([C@H]2C3=CC[C@@H]4C(=O)N(CCc5ccc(O)cc5)C(=O)[C@@H]4[C@@H]3C[C@@]3(Cl)C(=O)N(c4ccc(F)cc4)C(=O)[C@@]23Cl)ccc1O. The number of allylic oxidation sites excluding steroid dienone is 2. The van der Waals surface area contributed by atoms with Crippen molar-refractivity contribution in [3.8, 4) is 17.2 Å². The smallest absolute Gasteiger partial charge is 0.258 e. The number of phenolic OH excluding ortho intramolecular Hbond substituents is 2. The molecule has 248 valence electrons. The zero-order valence-corrected chi connectivity index (χ0v) is 27.2. The first-order valence-corrected chi connectivity index (χ1v) is 16.5. The van der Waals surface area contributed by atoms with Crippen LogP contribution in [0.2, 0.25) is 0 Å². The average molecular weight is 694 g/mol. The van der Waals surface area contributed by atoms with E-state index in [1.54, 1.807) is 31.2 Å². The number of benzene rings is 3. The Morgan fingerprint density at radius 1 is 0.917 bits per heavy atom. The normalized spacial score (nSPS) is 29.5. The lowest BCUT2D eigenvalue weighted by Gasteiger charge is -2.50. The predicted octanol–water partition coefficient (Wildman–Crippen LogP) is 5.44. The second-order valence-electron chi connectivity index (χ2n) is 12.7. The summed E-state index contributed by atoms with van der Waals surface area (Å²) in [5, 5.41) is 20.1. The molecule has 2 aliphatic carbocycles. The highest BCUT2D eigenvalue weighted by Crippen LogP contribution is 2.66. The third-order valence-corrected chi connectivity index (χ3v) is 11.6. The van der Waals surface area contributed by atoms with E-state index in [1.807, 2.05) is 6.08 Å². The van der Waals surface area contributed by atoms with E-state index < -0.39 is 57.0 Å². The number of aromatic hydroxyl groups is 2. The van der Waals surface area contributed by atoms with Gasteiger partial charge in [-0.05, 0) is 91.8 Å². The number of imide groups is 2. The van der Waals surface area contributed by atoms with Gasteiger partial charge in [-0.15, -0.1) is 23.2 Å². The molecule has 9 nitrogen and oxygen atoms in total. The van der Waals surface area contributed by atoms with E-state index in [-0.39, 0.29) is 54.8 Å². The Balaban J connectivity index is 1.32.